The molecule has 1 aromatic carbocycles. The zero-order chi connectivity index (χ0) is 17.2. The summed E-state index contributed by atoms with van der Waals surface area (Å²) in [6, 6.07) is 10.1. The van der Waals surface area contributed by atoms with Gasteiger partial charge in [0.25, 0.3) is 5.56 Å². The molecule has 0 spiro atoms. The maximum atomic E-state index is 12.6. The van der Waals surface area contributed by atoms with E-state index in [4.69, 9.17) is 0 Å². The third-order valence-electron chi connectivity index (χ3n) is 4.34. The monoisotopic (exact) mass is 349 g/mol. The van der Waals surface area contributed by atoms with Crippen LogP contribution in [0.1, 0.15) is 18.4 Å². The second-order valence-electron chi connectivity index (χ2n) is 5.97. The first-order valence-electron chi connectivity index (χ1n) is 7.83. The Morgan fingerprint density at radius 3 is 2.38 bits per heavy atom. The fourth-order valence-electron chi connectivity index (χ4n) is 3.03. The van der Waals surface area contributed by atoms with E-state index in [-0.39, 0.29) is 0 Å². The van der Waals surface area contributed by atoms with E-state index < -0.39 is 26.2 Å². The number of aromatic amines is 2. The Morgan fingerprint density at radius 1 is 1.08 bits per heavy atom. The number of nitrogens with one attached hydrogen (secondary N) is 2. The summed E-state index contributed by atoms with van der Waals surface area (Å²) in [6.45, 7) is 0.747. The van der Waals surface area contributed by atoms with Gasteiger partial charge in [0, 0.05) is 19.3 Å². The summed E-state index contributed by atoms with van der Waals surface area (Å²) in [5.41, 5.74) is -0.360. The minimum Gasteiger partial charge on any atom is -0.313 e. The summed E-state index contributed by atoms with van der Waals surface area (Å²) in [5, 5.41) is 0. The van der Waals surface area contributed by atoms with E-state index in [0.717, 1.165) is 25.5 Å². The Labute approximate surface area is 139 Å². The highest BCUT2D eigenvalue weighted by Gasteiger charge is 2.31. The highest BCUT2D eigenvalue weighted by molar-refractivity contribution is 7.89. The second kappa shape index (κ2) is 6.74. The Kier molecular flexibility index (Phi) is 4.68. The van der Waals surface area contributed by atoms with Crippen LogP contribution in [0.25, 0.3) is 0 Å². The van der Waals surface area contributed by atoms with Gasteiger partial charge >= 0.3 is 5.69 Å². The smallest absolute Gasteiger partial charge is 0.313 e. The molecule has 1 aromatic heterocycles. The van der Waals surface area contributed by atoms with Crippen LogP contribution in [0.2, 0.25) is 0 Å². The third kappa shape index (κ3) is 3.49. The summed E-state index contributed by atoms with van der Waals surface area (Å²) >= 11 is 0. The molecule has 1 fully saturated rings. The van der Waals surface area contributed by atoms with Crippen LogP contribution in [-0.2, 0) is 16.4 Å². The van der Waals surface area contributed by atoms with E-state index in [1.807, 2.05) is 23.2 Å². The number of hydrogen-bond acceptors (Lipinski definition) is 4. The maximum absolute atomic E-state index is 12.6. The summed E-state index contributed by atoms with van der Waals surface area (Å²) in [7, 11) is -3.89. The Bertz CT molecular complexity index is 910. The van der Waals surface area contributed by atoms with Gasteiger partial charge in [0.1, 0.15) is 0 Å². The van der Waals surface area contributed by atoms with Crippen LogP contribution in [0.15, 0.2) is 51.0 Å². The van der Waals surface area contributed by atoms with Crippen molar-refractivity contribution in [1.82, 2.24) is 14.3 Å². The predicted molar refractivity (Wildman–Crippen MR) is 89.3 cm³/mol. The minimum absolute atomic E-state index is 0.373. The van der Waals surface area contributed by atoms with Crippen LogP contribution in [0.3, 0.4) is 0 Å². The molecule has 3 rings (SSSR count). The summed E-state index contributed by atoms with van der Waals surface area (Å²) in [6.07, 6.45) is 3.38. The standard InChI is InChI=1S/C16H19N3O4S/c20-15-14(11-17-16(21)18-15)24(22,23)19-8-6-13(7-9-19)10-12-4-2-1-3-5-12/h1-5,11,13H,6-10H2,(H2,17,18,20,21). The van der Waals surface area contributed by atoms with Crippen LogP contribution in [0.4, 0.5) is 0 Å². The molecular formula is C16H19N3O4S. The van der Waals surface area contributed by atoms with E-state index in [0.29, 0.717) is 19.0 Å². The van der Waals surface area contributed by atoms with E-state index >= 15 is 0 Å². The van der Waals surface area contributed by atoms with Gasteiger partial charge in [-0.2, -0.15) is 4.31 Å². The van der Waals surface area contributed by atoms with Gasteiger partial charge in [-0.15, -0.1) is 0 Å². The maximum Gasteiger partial charge on any atom is 0.325 e. The molecule has 0 atom stereocenters. The molecule has 1 aliphatic rings. The van der Waals surface area contributed by atoms with Gasteiger partial charge in [0.15, 0.2) is 4.90 Å². The second-order valence-corrected chi connectivity index (χ2v) is 7.88. The average molecular weight is 349 g/mol. The zero-order valence-corrected chi connectivity index (χ0v) is 13.9. The predicted octanol–water partition coefficient (Wildman–Crippen LogP) is 0.707. The number of nitrogens with zero attached hydrogens (tertiary/aromatic N) is 1. The van der Waals surface area contributed by atoms with Gasteiger partial charge in [-0.1, -0.05) is 30.3 Å². The zero-order valence-electron chi connectivity index (χ0n) is 13.1. The van der Waals surface area contributed by atoms with Crippen molar-refractivity contribution >= 4 is 10.0 Å². The molecule has 0 aliphatic carbocycles. The van der Waals surface area contributed by atoms with E-state index in [1.165, 1.54) is 9.87 Å². The Balaban J connectivity index is 1.69. The number of benzene rings is 1. The van der Waals surface area contributed by atoms with Crippen molar-refractivity contribution in [2.24, 2.45) is 5.92 Å². The molecule has 2 heterocycles. The lowest BCUT2D eigenvalue weighted by Gasteiger charge is -2.31. The molecule has 2 N–H and O–H groups in total. The number of sulfonamides is 1. The quantitative estimate of drug-likeness (QED) is 0.848. The Hall–Kier alpha value is -2.19. The van der Waals surface area contributed by atoms with E-state index in [2.05, 4.69) is 17.1 Å². The first-order valence-corrected chi connectivity index (χ1v) is 9.27. The summed E-state index contributed by atoms with van der Waals surface area (Å²) in [5.74, 6) is 0.424. The van der Waals surface area contributed by atoms with Gasteiger partial charge in [-0.3, -0.25) is 9.78 Å². The van der Waals surface area contributed by atoms with E-state index in [9.17, 15) is 18.0 Å². The summed E-state index contributed by atoms with van der Waals surface area (Å²) < 4.78 is 26.5. The molecule has 0 radical (unpaired) electrons. The highest BCUT2D eigenvalue weighted by atomic mass is 32.2. The largest absolute Gasteiger partial charge is 0.325 e. The first-order chi connectivity index (χ1) is 11.5. The SMILES string of the molecule is O=c1[nH]cc(S(=O)(=O)N2CCC(Cc3ccccc3)CC2)c(=O)[nH]1. The molecule has 0 saturated carbocycles. The Morgan fingerprint density at radius 2 is 1.75 bits per heavy atom. The number of aromatic nitrogens is 2. The molecule has 8 heteroatoms. The summed E-state index contributed by atoms with van der Waals surface area (Å²) in [4.78, 5) is 26.5. The van der Waals surface area contributed by atoms with Gasteiger partial charge in [-0.05, 0) is 30.7 Å². The van der Waals surface area contributed by atoms with Gasteiger partial charge in [0.2, 0.25) is 10.0 Å². The fourth-order valence-corrected chi connectivity index (χ4v) is 4.49. The van der Waals surface area contributed by atoms with Crippen LogP contribution in [0, 0.1) is 5.92 Å². The molecule has 1 saturated heterocycles. The van der Waals surface area contributed by atoms with Crippen molar-refractivity contribution in [2.75, 3.05) is 13.1 Å². The van der Waals surface area contributed by atoms with Crippen molar-refractivity contribution < 1.29 is 8.42 Å². The molecule has 0 amide bonds. The normalized spacial score (nSPS) is 17.0. The number of hydrogen-bond donors (Lipinski definition) is 2. The van der Waals surface area contributed by atoms with Crippen molar-refractivity contribution in [3.63, 3.8) is 0 Å². The highest BCUT2D eigenvalue weighted by Crippen LogP contribution is 2.24. The third-order valence-corrected chi connectivity index (χ3v) is 6.25. The molecule has 7 nitrogen and oxygen atoms in total. The van der Waals surface area contributed by atoms with Crippen molar-refractivity contribution in [3.8, 4) is 0 Å². The van der Waals surface area contributed by atoms with Crippen molar-refractivity contribution in [1.29, 1.82) is 0 Å². The first kappa shape index (κ1) is 16.7. The van der Waals surface area contributed by atoms with Gasteiger partial charge < -0.3 is 4.98 Å². The topological polar surface area (TPSA) is 103 Å². The molecule has 2 aromatic rings. The number of rotatable bonds is 4. The van der Waals surface area contributed by atoms with Gasteiger partial charge in [-0.25, -0.2) is 13.2 Å². The van der Waals surface area contributed by atoms with Crippen LogP contribution in [0.5, 0.6) is 0 Å². The molecule has 0 bridgehead atoms. The number of H-pyrrole nitrogens is 2. The fraction of sp³-hybridized carbons (Fsp3) is 0.375. The molecular weight excluding hydrogens is 330 g/mol. The molecule has 1 aliphatic heterocycles. The van der Waals surface area contributed by atoms with Crippen LogP contribution < -0.4 is 11.2 Å². The minimum atomic E-state index is -3.89. The molecule has 0 unspecified atom stereocenters. The lowest BCUT2D eigenvalue weighted by molar-refractivity contribution is 0.272. The lowest BCUT2D eigenvalue weighted by atomic mass is 9.91. The number of piperidine rings is 1. The van der Waals surface area contributed by atoms with Crippen molar-refractivity contribution in [2.45, 2.75) is 24.2 Å². The van der Waals surface area contributed by atoms with Crippen LogP contribution in [-0.4, -0.2) is 35.8 Å². The van der Waals surface area contributed by atoms with E-state index in [1.54, 1.807) is 0 Å². The van der Waals surface area contributed by atoms with Crippen molar-refractivity contribution in [3.05, 3.63) is 62.9 Å². The molecule has 128 valence electrons. The van der Waals surface area contributed by atoms with Gasteiger partial charge in [0.05, 0.1) is 0 Å². The average Bonchev–Trinajstić information content (AvgIpc) is 2.56. The van der Waals surface area contributed by atoms with Crippen LogP contribution >= 0.6 is 0 Å². The lowest BCUT2D eigenvalue weighted by Crippen LogP contribution is -2.41. The molecule has 24 heavy (non-hydrogen) atoms.